The van der Waals surface area contributed by atoms with Crippen molar-refractivity contribution in [2.75, 3.05) is 43.9 Å². The summed E-state index contributed by atoms with van der Waals surface area (Å²) in [6, 6.07) is 0. The fraction of sp³-hybridized carbons (Fsp3) is 0.636. The summed E-state index contributed by atoms with van der Waals surface area (Å²) in [5, 5.41) is 3.77. The first-order valence-electron chi connectivity index (χ1n) is 6.09. The largest absolute Gasteiger partial charge is 0.382 e. The standard InChI is InChI=1S/C11H18N4O2S/c1-2-13-11-14-9(12)8(18-11)10(16)15-4-3-6-17-7-5-15/h2-7,12H2,1H3,(H,13,14). The van der Waals surface area contributed by atoms with Crippen LogP contribution in [0.2, 0.25) is 0 Å². The number of hydrogen-bond acceptors (Lipinski definition) is 6. The van der Waals surface area contributed by atoms with Crippen molar-refractivity contribution in [3.63, 3.8) is 0 Å². The summed E-state index contributed by atoms with van der Waals surface area (Å²) in [5.41, 5.74) is 5.80. The average Bonchev–Trinajstić information content (AvgIpc) is 2.57. The zero-order valence-corrected chi connectivity index (χ0v) is 11.3. The van der Waals surface area contributed by atoms with Crippen LogP contribution in [0.5, 0.6) is 0 Å². The first-order chi connectivity index (χ1) is 8.72. The van der Waals surface area contributed by atoms with Crippen LogP contribution in [0.3, 0.4) is 0 Å². The molecule has 0 aliphatic carbocycles. The molecule has 7 heteroatoms. The maximum atomic E-state index is 12.3. The van der Waals surface area contributed by atoms with Gasteiger partial charge < -0.3 is 20.7 Å². The molecule has 1 aromatic heterocycles. The Morgan fingerprint density at radius 3 is 3.17 bits per heavy atom. The van der Waals surface area contributed by atoms with Gasteiger partial charge in [0.15, 0.2) is 5.13 Å². The van der Waals surface area contributed by atoms with Gasteiger partial charge in [-0.25, -0.2) is 4.98 Å². The van der Waals surface area contributed by atoms with Gasteiger partial charge in [0, 0.05) is 26.2 Å². The minimum absolute atomic E-state index is 0.0420. The molecule has 3 N–H and O–H groups in total. The van der Waals surface area contributed by atoms with Crippen molar-refractivity contribution in [1.82, 2.24) is 9.88 Å². The fourth-order valence-corrected chi connectivity index (χ4v) is 2.73. The van der Waals surface area contributed by atoms with Crippen molar-refractivity contribution >= 4 is 28.2 Å². The summed E-state index contributed by atoms with van der Waals surface area (Å²) >= 11 is 1.31. The molecule has 0 saturated carbocycles. The van der Waals surface area contributed by atoms with E-state index in [-0.39, 0.29) is 5.91 Å². The molecule has 0 unspecified atom stereocenters. The number of nitrogens with zero attached hydrogens (tertiary/aromatic N) is 2. The van der Waals surface area contributed by atoms with Crippen LogP contribution >= 0.6 is 11.3 Å². The highest BCUT2D eigenvalue weighted by molar-refractivity contribution is 7.18. The number of ether oxygens (including phenoxy) is 1. The van der Waals surface area contributed by atoms with Gasteiger partial charge in [0.25, 0.3) is 5.91 Å². The van der Waals surface area contributed by atoms with Crippen molar-refractivity contribution in [1.29, 1.82) is 0 Å². The maximum Gasteiger partial charge on any atom is 0.267 e. The molecule has 6 nitrogen and oxygen atoms in total. The quantitative estimate of drug-likeness (QED) is 0.857. The van der Waals surface area contributed by atoms with Crippen molar-refractivity contribution in [2.24, 2.45) is 0 Å². The van der Waals surface area contributed by atoms with Gasteiger partial charge >= 0.3 is 0 Å². The van der Waals surface area contributed by atoms with E-state index in [1.807, 2.05) is 6.92 Å². The van der Waals surface area contributed by atoms with Crippen LogP contribution < -0.4 is 11.1 Å². The Kier molecular flexibility index (Phi) is 4.38. The maximum absolute atomic E-state index is 12.3. The predicted octanol–water partition coefficient (Wildman–Crippen LogP) is 1.02. The molecule has 18 heavy (non-hydrogen) atoms. The van der Waals surface area contributed by atoms with Gasteiger partial charge in [-0.2, -0.15) is 0 Å². The lowest BCUT2D eigenvalue weighted by atomic mass is 10.3. The lowest BCUT2D eigenvalue weighted by molar-refractivity contribution is 0.0747. The van der Waals surface area contributed by atoms with E-state index in [1.54, 1.807) is 4.90 Å². The number of hydrogen-bond donors (Lipinski definition) is 2. The van der Waals surface area contributed by atoms with Crippen LogP contribution in [0.15, 0.2) is 0 Å². The Balaban J connectivity index is 2.11. The van der Waals surface area contributed by atoms with E-state index in [2.05, 4.69) is 10.3 Å². The summed E-state index contributed by atoms with van der Waals surface area (Å²) < 4.78 is 5.34. The van der Waals surface area contributed by atoms with Gasteiger partial charge in [-0.1, -0.05) is 11.3 Å². The van der Waals surface area contributed by atoms with E-state index < -0.39 is 0 Å². The number of thiazole rings is 1. The third-order valence-electron chi connectivity index (χ3n) is 2.69. The lowest BCUT2D eigenvalue weighted by Crippen LogP contribution is -2.33. The second kappa shape index (κ2) is 6.01. The fourth-order valence-electron chi connectivity index (χ4n) is 1.80. The first kappa shape index (κ1) is 13.1. The molecule has 0 spiro atoms. The zero-order chi connectivity index (χ0) is 13.0. The summed E-state index contributed by atoms with van der Waals surface area (Å²) in [7, 11) is 0. The molecule has 1 amide bonds. The van der Waals surface area contributed by atoms with E-state index in [9.17, 15) is 4.79 Å². The second-order valence-electron chi connectivity index (χ2n) is 4.02. The van der Waals surface area contributed by atoms with Gasteiger partial charge in [-0.3, -0.25) is 4.79 Å². The Morgan fingerprint density at radius 2 is 2.39 bits per heavy atom. The number of nitrogen functional groups attached to an aromatic ring is 1. The number of amides is 1. The molecular formula is C11H18N4O2S. The zero-order valence-electron chi connectivity index (χ0n) is 10.4. The van der Waals surface area contributed by atoms with Crippen molar-refractivity contribution in [2.45, 2.75) is 13.3 Å². The highest BCUT2D eigenvalue weighted by atomic mass is 32.1. The molecule has 2 heterocycles. The number of carbonyl (C=O) groups is 1. The highest BCUT2D eigenvalue weighted by Crippen LogP contribution is 2.26. The van der Waals surface area contributed by atoms with Crippen LogP contribution in [0.1, 0.15) is 23.0 Å². The van der Waals surface area contributed by atoms with Gasteiger partial charge in [0.2, 0.25) is 0 Å². The first-order valence-corrected chi connectivity index (χ1v) is 6.91. The summed E-state index contributed by atoms with van der Waals surface area (Å²) in [5.74, 6) is 0.269. The number of carbonyl (C=O) groups excluding carboxylic acids is 1. The normalized spacial score (nSPS) is 16.4. The summed E-state index contributed by atoms with van der Waals surface area (Å²) in [6.07, 6.45) is 0.866. The molecule has 1 aromatic rings. The van der Waals surface area contributed by atoms with Crippen LogP contribution in [0, 0.1) is 0 Å². The molecule has 1 aliphatic heterocycles. The third kappa shape index (κ3) is 2.91. The monoisotopic (exact) mass is 270 g/mol. The molecular weight excluding hydrogens is 252 g/mol. The van der Waals surface area contributed by atoms with Crippen LogP contribution in [-0.4, -0.2) is 48.6 Å². The topological polar surface area (TPSA) is 80.5 Å². The Bertz CT molecular complexity index is 413. The number of rotatable bonds is 3. The number of aromatic nitrogens is 1. The van der Waals surface area contributed by atoms with Gasteiger partial charge in [-0.05, 0) is 13.3 Å². The Morgan fingerprint density at radius 1 is 1.56 bits per heavy atom. The SMILES string of the molecule is CCNc1nc(N)c(C(=O)N2CCCOCC2)s1. The van der Waals surface area contributed by atoms with E-state index in [0.29, 0.717) is 42.1 Å². The average molecular weight is 270 g/mol. The smallest absolute Gasteiger partial charge is 0.267 e. The molecule has 2 rings (SSSR count). The van der Waals surface area contributed by atoms with Gasteiger partial charge in [0.1, 0.15) is 10.7 Å². The molecule has 0 atom stereocenters. The highest BCUT2D eigenvalue weighted by Gasteiger charge is 2.22. The Hall–Kier alpha value is -1.34. The van der Waals surface area contributed by atoms with Gasteiger partial charge in [-0.15, -0.1) is 0 Å². The molecule has 1 fully saturated rings. The van der Waals surface area contributed by atoms with Crippen LogP contribution in [-0.2, 0) is 4.74 Å². The van der Waals surface area contributed by atoms with Crippen molar-refractivity contribution < 1.29 is 9.53 Å². The molecule has 0 bridgehead atoms. The van der Waals surface area contributed by atoms with Crippen LogP contribution in [0.25, 0.3) is 0 Å². The molecule has 100 valence electrons. The lowest BCUT2D eigenvalue weighted by Gasteiger charge is -2.18. The summed E-state index contributed by atoms with van der Waals surface area (Å²) in [4.78, 5) is 18.8. The van der Waals surface area contributed by atoms with Crippen molar-refractivity contribution in [3.05, 3.63) is 4.88 Å². The number of nitrogens with two attached hydrogens (primary N) is 1. The van der Waals surface area contributed by atoms with Crippen LogP contribution in [0.4, 0.5) is 10.9 Å². The van der Waals surface area contributed by atoms with E-state index >= 15 is 0 Å². The number of anilines is 2. The molecule has 0 radical (unpaired) electrons. The van der Waals surface area contributed by atoms with E-state index in [4.69, 9.17) is 10.5 Å². The predicted molar refractivity (Wildman–Crippen MR) is 72.0 cm³/mol. The Labute approximate surface area is 110 Å². The minimum Gasteiger partial charge on any atom is -0.382 e. The molecule has 1 aliphatic rings. The van der Waals surface area contributed by atoms with E-state index in [1.165, 1.54) is 11.3 Å². The molecule has 0 aromatic carbocycles. The third-order valence-corrected chi connectivity index (χ3v) is 3.70. The van der Waals surface area contributed by atoms with Gasteiger partial charge in [0.05, 0.1) is 6.61 Å². The molecule has 1 saturated heterocycles. The minimum atomic E-state index is -0.0420. The number of nitrogens with one attached hydrogen (secondary N) is 1. The second-order valence-corrected chi connectivity index (χ2v) is 5.02. The van der Waals surface area contributed by atoms with Crippen molar-refractivity contribution in [3.8, 4) is 0 Å². The van der Waals surface area contributed by atoms with E-state index in [0.717, 1.165) is 13.0 Å². The summed E-state index contributed by atoms with van der Waals surface area (Å²) in [6.45, 7) is 5.37.